The Balaban J connectivity index is 3.63. The summed E-state index contributed by atoms with van der Waals surface area (Å²) in [6.07, 6.45) is 33.4. The molecule has 5 nitrogen and oxygen atoms in total. The van der Waals surface area contributed by atoms with E-state index in [1.54, 1.807) is 0 Å². The normalized spacial score (nSPS) is 13.8. The van der Waals surface area contributed by atoms with Crippen LogP contribution in [0.15, 0.2) is 0 Å². The lowest BCUT2D eigenvalue weighted by Gasteiger charge is -2.26. The first-order valence-corrected chi connectivity index (χ1v) is 18.3. The largest absolute Gasteiger partial charge is 0.394 e. The molecule has 3 unspecified atom stereocenters. The predicted octanol–water partition coefficient (Wildman–Crippen LogP) is 9.54. The molecule has 0 aliphatic rings. The maximum absolute atomic E-state index is 12.3. The number of unbranched alkanes of at least 4 members (excludes halogenated alkanes) is 25. The lowest BCUT2D eigenvalue weighted by Crippen LogP contribution is -2.50. The van der Waals surface area contributed by atoms with Crippen molar-refractivity contribution in [1.29, 1.82) is 0 Å². The van der Waals surface area contributed by atoms with Crippen molar-refractivity contribution in [2.75, 3.05) is 6.61 Å². The molecule has 5 heteroatoms. The fraction of sp³-hybridized carbons (Fsp3) is 0.972. The average molecular weight is 584 g/mol. The third-order valence-corrected chi connectivity index (χ3v) is 8.71. The topological polar surface area (TPSA) is 89.8 Å². The number of hydrogen-bond donors (Lipinski definition) is 4. The molecule has 0 aliphatic carbocycles. The molecule has 3 atom stereocenters. The second-order valence-electron chi connectivity index (χ2n) is 12.8. The Morgan fingerprint density at radius 3 is 1.17 bits per heavy atom. The van der Waals surface area contributed by atoms with Crippen LogP contribution in [0.1, 0.15) is 200 Å². The van der Waals surface area contributed by atoms with Gasteiger partial charge in [-0.05, 0) is 12.8 Å². The van der Waals surface area contributed by atoms with Gasteiger partial charge in [-0.25, -0.2) is 0 Å². The monoisotopic (exact) mass is 584 g/mol. The van der Waals surface area contributed by atoms with E-state index < -0.39 is 18.2 Å². The summed E-state index contributed by atoms with van der Waals surface area (Å²) in [5, 5.41) is 33.3. The second kappa shape index (κ2) is 32.3. The summed E-state index contributed by atoms with van der Waals surface area (Å²) in [6, 6.07) is -0.800. The van der Waals surface area contributed by atoms with Gasteiger partial charge in [0, 0.05) is 6.42 Å². The standard InChI is InChI=1S/C36H73NO4/c1-3-5-7-9-11-13-15-16-17-18-19-20-21-23-25-27-29-31-35(40)37-33(32-38)36(41)34(39)30-28-26-24-22-14-12-10-8-6-4-2/h33-34,36,38-39,41H,3-32H2,1-2H3,(H,37,40). The van der Waals surface area contributed by atoms with Gasteiger partial charge in [-0.2, -0.15) is 0 Å². The maximum atomic E-state index is 12.3. The highest BCUT2D eigenvalue weighted by molar-refractivity contribution is 5.76. The fourth-order valence-electron chi connectivity index (χ4n) is 5.81. The van der Waals surface area contributed by atoms with Crippen molar-refractivity contribution in [3.63, 3.8) is 0 Å². The highest BCUT2D eigenvalue weighted by Crippen LogP contribution is 2.16. The molecular formula is C36H73NO4. The maximum Gasteiger partial charge on any atom is 0.220 e. The summed E-state index contributed by atoms with van der Waals surface area (Å²) in [6.45, 7) is 4.16. The van der Waals surface area contributed by atoms with E-state index in [4.69, 9.17) is 0 Å². The quantitative estimate of drug-likeness (QED) is 0.0579. The first-order valence-electron chi connectivity index (χ1n) is 18.3. The van der Waals surface area contributed by atoms with Crippen LogP contribution in [0.25, 0.3) is 0 Å². The minimum absolute atomic E-state index is 0.143. The van der Waals surface area contributed by atoms with Crippen LogP contribution in [0.3, 0.4) is 0 Å². The summed E-state index contributed by atoms with van der Waals surface area (Å²) >= 11 is 0. The van der Waals surface area contributed by atoms with Gasteiger partial charge in [0.25, 0.3) is 0 Å². The zero-order valence-electron chi connectivity index (χ0n) is 27.7. The summed E-state index contributed by atoms with van der Waals surface area (Å²) in [4.78, 5) is 12.3. The molecule has 0 saturated heterocycles. The van der Waals surface area contributed by atoms with Crippen LogP contribution >= 0.6 is 0 Å². The fourth-order valence-corrected chi connectivity index (χ4v) is 5.81. The van der Waals surface area contributed by atoms with E-state index in [9.17, 15) is 20.1 Å². The van der Waals surface area contributed by atoms with Crippen molar-refractivity contribution in [2.45, 2.75) is 218 Å². The van der Waals surface area contributed by atoms with Gasteiger partial charge in [0.1, 0.15) is 6.10 Å². The molecule has 0 bridgehead atoms. The van der Waals surface area contributed by atoms with Gasteiger partial charge in [0.2, 0.25) is 5.91 Å². The van der Waals surface area contributed by atoms with Crippen molar-refractivity contribution in [2.24, 2.45) is 0 Å². The van der Waals surface area contributed by atoms with E-state index in [0.717, 1.165) is 38.5 Å². The van der Waals surface area contributed by atoms with Crippen LogP contribution in [-0.2, 0) is 4.79 Å². The third kappa shape index (κ3) is 27.9. The van der Waals surface area contributed by atoms with E-state index in [1.807, 2.05) is 0 Å². The highest BCUT2D eigenvalue weighted by Gasteiger charge is 2.26. The number of hydrogen-bond acceptors (Lipinski definition) is 4. The Kier molecular flexibility index (Phi) is 31.8. The molecule has 0 radical (unpaired) electrons. The molecule has 0 saturated carbocycles. The Morgan fingerprint density at radius 2 is 0.829 bits per heavy atom. The summed E-state index contributed by atoms with van der Waals surface area (Å²) in [5.41, 5.74) is 0. The molecule has 0 spiro atoms. The first-order chi connectivity index (χ1) is 20.1. The molecule has 0 aromatic heterocycles. The van der Waals surface area contributed by atoms with Gasteiger partial charge in [-0.1, -0.05) is 181 Å². The van der Waals surface area contributed by atoms with E-state index in [2.05, 4.69) is 19.2 Å². The van der Waals surface area contributed by atoms with Gasteiger partial charge < -0.3 is 20.6 Å². The van der Waals surface area contributed by atoms with Crippen molar-refractivity contribution >= 4 is 5.91 Å². The van der Waals surface area contributed by atoms with Gasteiger partial charge >= 0.3 is 0 Å². The van der Waals surface area contributed by atoms with Crippen molar-refractivity contribution < 1.29 is 20.1 Å². The minimum atomic E-state index is -1.13. The number of carbonyl (C=O) groups excluding carboxylic acids is 1. The lowest BCUT2D eigenvalue weighted by molar-refractivity contribution is -0.124. The Bertz CT molecular complexity index is 530. The Labute approximate surface area is 256 Å². The predicted molar refractivity (Wildman–Crippen MR) is 176 cm³/mol. The zero-order valence-corrected chi connectivity index (χ0v) is 27.7. The number of amides is 1. The Hall–Kier alpha value is -0.650. The number of rotatable bonds is 33. The van der Waals surface area contributed by atoms with Crippen LogP contribution < -0.4 is 5.32 Å². The molecule has 0 rings (SSSR count). The van der Waals surface area contributed by atoms with Crippen molar-refractivity contribution in [3.8, 4) is 0 Å². The van der Waals surface area contributed by atoms with Crippen molar-refractivity contribution in [1.82, 2.24) is 5.32 Å². The van der Waals surface area contributed by atoms with E-state index >= 15 is 0 Å². The molecule has 0 aliphatic heterocycles. The minimum Gasteiger partial charge on any atom is -0.394 e. The second-order valence-corrected chi connectivity index (χ2v) is 12.8. The van der Waals surface area contributed by atoms with Crippen LogP contribution in [0.5, 0.6) is 0 Å². The van der Waals surface area contributed by atoms with Crippen LogP contribution in [0, 0.1) is 0 Å². The average Bonchev–Trinajstić information content (AvgIpc) is 2.97. The van der Waals surface area contributed by atoms with Crippen molar-refractivity contribution in [3.05, 3.63) is 0 Å². The van der Waals surface area contributed by atoms with E-state index in [0.29, 0.717) is 12.8 Å². The van der Waals surface area contributed by atoms with E-state index in [-0.39, 0.29) is 12.5 Å². The summed E-state index contributed by atoms with van der Waals surface area (Å²) < 4.78 is 0. The van der Waals surface area contributed by atoms with Gasteiger partial charge in [-0.15, -0.1) is 0 Å². The zero-order chi connectivity index (χ0) is 30.2. The number of aliphatic hydroxyl groups excluding tert-OH is 3. The number of nitrogens with one attached hydrogen (secondary N) is 1. The Morgan fingerprint density at radius 1 is 0.512 bits per heavy atom. The van der Waals surface area contributed by atoms with Gasteiger partial charge in [0.15, 0.2) is 0 Å². The first kappa shape index (κ1) is 40.4. The molecule has 1 amide bonds. The highest BCUT2D eigenvalue weighted by atomic mass is 16.3. The summed E-state index contributed by atoms with van der Waals surface area (Å²) in [5.74, 6) is -0.143. The van der Waals surface area contributed by atoms with Crippen LogP contribution in [-0.4, -0.2) is 46.1 Å². The molecular weight excluding hydrogens is 510 g/mol. The van der Waals surface area contributed by atoms with Crippen LogP contribution in [0.4, 0.5) is 0 Å². The summed E-state index contributed by atoms with van der Waals surface area (Å²) in [7, 11) is 0. The smallest absolute Gasteiger partial charge is 0.220 e. The number of aliphatic hydroxyl groups is 3. The molecule has 0 fully saturated rings. The molecule has 0 aromatic carbocycles. The van der Waals surface area contributed by atoms with Gasteiger partial charge in [0.05, 0.1) is 18.8 Å². The van der Waals surface area contributed by atoms with Crippen LogP contribution in [0.2, 0.25) is 0 Å². The molecule has 41 heavy (non-hydrogen) atoms. The molecule has 246 valence electrons. The SMILES string of the molecule is CCCCCCCCCCCCCCCCCCCC(=O)NC(CO)C(O)C(O)CCCCCCCCCCCC. The lowest BCUT2D eigenvalue weighted by atomic mass is 9.99. The van der Waals surface area contributed by atoms with E-state index in [1.165, 1.54) is 135 Å². The third-order valence-electron chi connectivity index (χ3n) is 8.71. The molecule has 0 heterocycles. The molecule has 4 N–H and O–H groups in total. The number of carbonyl (C=O) groups is 1. The molecule has 0 aromatic rings. The van der Waals surface area contributed by atoms with Gasteiger partial charge in [-0.3, -0.25) is 4.79 Å².